The van der Waals surface area contributed by atoms with Crippen LogP contribution < -0.4 is 10.6 Å². The average Bonchev–Trinajstić information content (AvgIpc) is 2.77. The molecule has 0 spiro atoms. The quantitative estimate of drug-likeness (QED) is 0.650. The van der Waals surface area contributed by atoms with Crippen LogP contribution in [-0.4, -0.2) is 22.4 Å². The molecule has 1 aromatic heterocycles. The highest BCUT2D eigenvalue weighted by molar-refractivity contribution is 7.15. The number of nitrogens with one attached hydrogen (secondary N) is 2. The summed E-state index contributed by atoms with van der Waals surface area (Å²) in [6.07, 6.45) is 0. The molecule has 8 heteroatoms. The van der Waals surface area contributed by atoms with Gasteiger partial charge in [-0.25, -0.2) is 4.98 Å². The van der Waals surface area contributed by atoms with Gasteiger partial charge in [-0.1, -0.05) is 0 Å². The van der Waals surface area contributed by atoms with E-state index in [2.05, 4.69) is 15.6 Å². The zero-order valence-corrected chi connectivity index (χ0v) is 13.3. The monoisotopic (exact) mass is 320 g/mol. The molecule has 0 radical (unpaired) electrons. The van der Waals surface area contributed by atoms with Gasteiger partial charge in [0.1, 0.15) is 5.69 Å². The van der Waals surface area contributed by atoms with Gasteiger partial charge in [-0.2, -0.15) is 0 Å². The molecule has 0 saturated carbocycles. The Morgan fingerprint density at radius 2 is 2.14 bits per heavy atom. The van der Waals surface area contributed by atoms with Crippen LogP contribution in [-0.2, 0) is 0 Å². The van der Waals surface area contributed by atoms with Crippen LogP contribution in [0.15, 0.2) is 18.2 Å². The summed E-state index contributed by atoms with van der Waals surface area (Å²) >= 11 is 1.37. The van der Waals surface area contributed by atoms with Gasteiger partial charge in [-0.3, -0.25) is 20.2 Å². The smallest absolute Gasteiger partial charge is 0.293 e. The van der Waals surface area contributed by atoms with Crippen molar-refractivity contribution in [3.63, 3.8) is 0 Å². The predicted octanol–water partition coefficient (Wildman–Crippen LogP) is 3.35. The Morgan fingerprint density at radius 1 is 1.41 bits per heavy atom. The highest BCUT2D eigenvalue weighted by Crippen LogP contribution is 2.27. The fourth-order valence-corrected chi connectivity index (χ4v) is 2.67. The Balaban J connectivity index is 2.26. The lowest BCUT2D eigenvalue weighted by Gasteiger charge is -2.06. The summed E-state index contributed by atoms with van der Waals surface area (Å²) in [5.74, 6) is -0.417. The predicted molar refractivity (Wildman–Crippen MR) is 86.8 cm³/mol. The Bertz CT molecular complexity index is 707. The first kappa shape index (κ1) is 15.9. The lowest BCUT2D eigenvalue weighted by Crippen LogP contribution is -2.12. The molecule has 1 heterocycles. The molecule has 1 amide bonds. The fraction of sp³-hybridized carbons (Fsp3) is 0.286. The number of amides is 1. The third-order valence-electron chi connectivity index (χ3n) is 3.07. The maximum atomic E-state index is 12.2. The molecular formula is C14H16N4O3S. The van der Waals surface area contributed by atoms with Crippen LogP contribution in [0.1, 0.15) is 27.9 Å². The molecule has 0 unspecified atom stereocenters. The van der Waals surface area contributed by atoms with E-state index in [0.29, 0.717) is 17.4 Å². The third kappa shape index (κ3) is 3.40. The summed E-state index contributed by atoms with van der Waals surface area (Å²) < 4.78 is 0. The number of carbonyl (C=O) groups is 1. The van der Waals surface area contributed by atoms with Gasteiger partial charge in [0.15, 0.2) is 5.13 Å². The maximum Gasteiger partial charge on any atom is 0.293 e. The molecule has 7 nitrogen and oxygen atoms in total. The zero-order chi connectivity index (χ0) is 16.3. The molecule has 0 bridgehead atoms. The highest BCUT2D eigenvalue weighted by atomic mass is 32.1. The number of aromatic nitrogens is 1. The second kappa shape index (κ2) is 6.52. The number of anilines is 2. The van der Waals surface area contributed by atoms with Crippen LogP contribution in [0.5, 0.6) is 0 Å². The minimum atomic E-state index is -0.507. The lowest BCUT2D eigenvalue weighted by atomic mass is 10.1. The standard InChI is InChI=1S/C14H16N4O3S/c1-4-15-11-6-5-10(7-12(11)18(20)21)13(19)17-14-16-8(2)9(3)22-14/h5-7,15H,4H2,1-3H3,(H,16,17,19). The molecule has 2 N–H and O–H groups in total. The van der Waals surface area contributed by atoms with Crippen LogP contribution in [0.2, 0.25) is 0 Å². The van der Waals surface area contributed by atoms with E-state index in [1.807, 2.05) is 20.8 Å². The van der Waals surface area contributed by atoms with Crippen LogP contribution in [0.4, 0.5) is 16.5 Å². The number of nitrogens with zero attached hydrogens (tertiary/aromatic N) is 2. The highest BCUT2D eigenvalue weighted by Gasteiger charge is 2.18. The van der Waals surface area contributed by atoms with E-state index in [1.54, 1.807) is 6.07 Å². The fourth-order valence-electron chi connectivity index (χ4n) is 1.86. The van der Waals surface area contributed by atoms with Crippen molar-refractivity contribution in [2.45, 2.75) is 20.8 Å². The van der Waals surface area contributed by atoms with Crippen LogP contribution in [0.3, 0.4) is 0 Å². The summed E-state index contributed by atoms with van der Waals surface area (Å²) in [5, 5.41) is 17.1. The zero-order valence-electron chi connectivity index (χ0n) is 12.5. The van der Waals surface area contributed by atoms with Crippen molar-refractivity contribution in [1.82, 2.24) is 4.98 Å². The lowest BCUT2D eigenvalue weighted by molar-refractivity contribution is -0.384. The van der Waals surface area contributed by atoms with Crippen LogP contribution in [0.25, 0.3) is 0 Å². The van der Waals surface area contributed by atoms with Gasteiger partial charge in [0.05, 0.1) is 10.6 Å². The second-order valence-electron chi connectivity index (χ2n) is 4.63. The van der Waals surface area contributed by atoms with Gasteiger partial charge in [-0.05, 0) is 32.9 Å². The van der Waals surface area contributed by atoms with Crippen molar-refractivity contribution >= 4 is 33.8 Å². The van der Waals surface area contributed by atoms with Gasteiger partial charge in [-0.15, -0.1) is 11.3 Å². The van der Waals surface area contributed by atoms with Gasteiger partial charge in [0, 0.05) is 23.1 Å². The second-order valence-corrected chi connectivity index (χ2v) is 5.84. The average molecular weight is 320 g/mol. The van der Waals surface area contributed by atoms with E-state index >= 15 is 0 Å². The summed E-state index contributed by atoms with van der Waals surface area (Å²) in [6.45, 7) is 6.18. The van der Waals surface area contributed by atoms with Crippen LogP contribution >= 0.6 is 11.3 Å². The number of rotatable bonds is 5. The van der Waals surface area contributed by atoms with E-state index < -0.39 is 10.8 Å². The van der Waals surface area contributed by atoms with Crippen LogP contribution in [0, 0.1) is 24.0 Å². The minimum absolute atomic E-state index is 0.124. The van der Waals surface area contributed by atoms with Crippen molar-refractivity contribution in [1.29, 1.82) is 0 Å². The molecule has 0 atom stereocenters. The van der Waals surface area contributed by atoms with Crippen molar-refractivity contribution in [2.24, 2.45) is 0 Å². The molecule has 1 aromatic carbocycles. The normalized spacial score (nSPS) is 10.3. The number of hydrogen-bond acceptors (Lipinski definition) is 6. The van der Waals surface area contributed by atoms with E-state index in [-0.39, 0.29) is 11.3 Å². The number of carbonyl (C=O) groups excluding carboxylic acids is 1. The molecule has 0 saturated heterocycles. The van der Waals surface area contributed by atoms with Crippen molar-refractivity contribution < 1.29 is 9.72 Å². The summed E-state index contributed by atoms with van der Waals surface area (Å²) in [7, 11) is 0. The number of nitro groups is 1. The van der Waals surface area contributed by atoms with E-state index in [9.17, 15) is 14.9 Å². The summed E-state index contributed by atoms with van der Waals surface area (Å²) in [5.41, 5.74) is 1.35. The number of thiazole rings is 1. The largest absolute Gasteiger partial charge is 0.380 e. The van der Waals surface area contributed by atoms with Gasteiger partial charge in [0.2, 0.25) is 0 Å². The molecule has 22 heavy (non-hydrogen) atoms. The number of nitro benzene ring substituents is 1. The molecule has 0 aliphatic heterocycles. The van der Waals surface area contributed by atoms with Gasteiger partial charge < -0.3 is 5.32 Å². The molecule has 0 fully saturated rings. The van der Waals surface area contributed by atoms with Crippen molar-refractivity contribution in [2.75, 3.05) is 17.2 Å². The maximum absolute atomic E-state index is 12.2. The molecule has 0 aliphatic rings. The number of benzene rings is 1. The molecule has 0 aliphatic carbocycles. The first-order valence-electron chi connectivity index (χ1n) is 6.70. The van der Waals surface area contributed by atoms with E-state index in [1.165, 1.54) is 23.5 Å². The topological polar surface area (TPSA) is 97.2 Å². The summed E-state index contributed by atoms with van der Waals surface area (Å²) in [6, 6.07) is 4.35. The number of hydrogen-bond donors (Lipinski definition) is 2. The Kier molecular flexibility index (Phi) is 4.71. The summed E-state index contributed by atoms with van der Waals surface area (Å²) in [4.78, 5) is 28.0. The molecule has 2 rings (SSSR count). The Hall–Kier alpha value is -2.48. The molecule has 2 aromatic rings. The first-order valence-corrected chi connectivity index (χ1v) is 7.51. The Labute approximate surface area is 131 Å². The third-order valence-corrected chi connectivity index (χ3v) is 4.06. The first-order chi connectivity index (χ1) is 10.4. The minimum Gasteiger partial charge on any atom is -0.380 e. The van der Waals surface area contributed by atoms with Crippen molar-refractivity contribution in [3.8, 4) is 0 Å². The Morgan fingerprint density at radius 3 is 2.68 bits per heavy atom. The van der Waals surface area contributed by atoms with Gasteiger partial charge >= 0.3 is 0 Å². The van der Waals surface area contributed by atoms with E-state index in [4.69, 9.17) is 0 Å². The van der Waals surface area contributed by atoms with Crippen molar-refractivity contribution in [3.05, 3.63) is 44.4 Å². The molecular weight excluding hydrogens is 304 g/mol. The molecule has 116 valence electrons. The van der Waals surface area contributed by atoms with Gasteiger partial charge in [0.25, 0.3) is 11.6 Å². The SMILES string of the molecule is CCNc1ccc(C(=O)Nc2nc(C)c(C)s2)cc1[N+](=O)[O-]. The number of aryl methyl sites for hydroxylation is 2. The van der Waals surface area contributed by atoms with E-state index in [0.717, 1.165) is 10.6 Å².